The Morgan fingerprint density at radius 1 is 0.818 bits per heavy atom. The number of nitrogens with one attached hydrogen (secondary N) is 1. The van der Waals surface area contributed by atoms with Crippen molar-refractivity contribution in [3.63, 3.8) is 0 Å². The fourth-order valence-corrected chi connectivity index (χ4v) is 3.85. The summed E-state index contributed by atoms with van der Waals surface area (Å²) in [5.74, 6) is -2.28. The van der Waals surface area contributed by atoms with Crippen LogP contribution in [-0.2, 0) is 19.2 Å². The van der Waals surface area contributed by atoms with Crippen LogP contribution in [0.5, 0.6) is 0 Å². The van der Waals surface area contributed by atoms with Gasteiger partial charge in [-0.2, -0.15) is 0 Å². The topological polar surface area (TPSA) is 147 Å². The number of ketones is 1. The van der Waals surface area contributed by atoms with E-state index in [1.54, 1.807) is 0 Å². The predicted octanol–water partition coefficient (Wildman–Crippen LogP) is 1.64. The molecule has 10 nitrogen and oxygen atoms in total. The number of carboxylic acids is 3. The first-order chi connectivity index (χ1) is 15.5. The second-order valence-electron chi connectivity index (χ2n) is 8.82. The van der Waals surface area contributed by atoms with Crippen molar-refractivity contribution in [2.24, 2.45) is 11.8 Å². The predicted molar refractivity (Wildman–Crippen MR) is 125 cm³/mol. The number of carbonyl (C=O) groups excluding carboxylic acids is 1. The molecule has 0 aliphatic heterocycles. The Kier molecular flexibility index (Phi) is 17.3. The van der Waals surface area contributed by atoms with Gasteiger partial charge in [-0.15, -0.1) is 0 Å². The standard InChI is InChI=1S/C23H43N3O7/c1-4-5-11-25(17-23(32)33)13-9-20(6-7-21(28)29)18(2)8-12-26(16-19(3)27)14-10-24-15-22(30)31/h18,20,24H,4-17H2,1-3H3,(H,28,29)(H,30,31)(H,32,33). The third kappa shape index (κ3) is 18.1. The minimum absolute atomic E-state index is 0.0181. The van der Waals surface area contributed by atoms with Gasteiger partial charge in [0.25, 0.3) is 0 Å². The van der Waals surface area contributed by atoms with Crippen LogP contribution in [0.4, 0.5) is 0 Å². The van der Waals surface area contributed by atoms with Crippen LogP contribution in [0, 0.1) is 11.8 Å². The Morgan fingerprint density at radius 2 is 1.45 bits per heavy atom. The zero-order chi connectivity index (χ0) is 25.2. The third-order valence-electron chi connectivity index (χ3n) is 5.76. The SMILES string of the molecule is CCCCN(CCC(CCC(=O)O)C(C)CCN(CCNCC(=O)O)CC(C)=O)CC(=O)O. The minimum atomic E-state index is -0.932. The molecule has 4 N–H and O–H groups in total. The van der Waals surface area contributed by atoms with Crippen molar-refractivity contribution in [3.8, 4) is 0 Å². The van der Waals surface area contributed by atoms with Gasteiger partial charge in [-0.05, 0) is 64.1 Å². The maximum absolute atomic E-state index is 11.6. The average molecular weight is 474 g/mol. The lowest BCUT2D eigenvalue weighted by molar-refractivity contribution is -0.138. The number of unbranched alkanes of at least 4 members (excludes halogenated alkanes) is 1. The van der Waals surface area contributed by atoms with Crippen LogP contribution in [0.15, 0.2) is 0 Å². The van der Waals surface area contributed by atoms with Crippen molar-refractivity contribution in [3.05, 3.63) is 0 Å². The summed E-state index contributed by atoms with van der Waals surface area (Å²) in [6, 6.07) is 0. The summed E-state index contributed by atoms with van der Waals surface area (Å²) in [6.07, 6.45) is 3.97. The Bertz CT molecular complexity index is 601. The van der Waals surface area contributed by atoms with E-state index >= 15 is 0 Å². The van der Waals surface area contributed by atoms with E-state index in [-0.39, 0.29) is 43.7 Å². The van der Waals surface area contributed by atoms with Crippen molar-refractivity contribution >= 4 is 23.7 Å². The van der Waals surface area contributed by atoms with E-state index in [9.17, 15) is 24.3 Å². The van der Waals surface area contributed by atoms with Gasteiger partial charge >= 0.3 is 17.9 Å². The Labute approximate surface area is 197 Å². The molecule has 10 heteroatoms. The van der Waals surface area contributed by atoms with Crippen LogP contribution in [0.1, 0.15) is 59.3 Å². The Morgan fingerprint density at radius 3 is 2.00 bits per heavy atom. The largest absolute Gasteiger partial charge is 0.481 e. The van der Waals surface area contributed by atoms with Gasteiger partial charge in [-0.3, -0.25) is 29.0 Å². The van der Waals surface area contributed by atoms with E-state index in [2.05, 4.69) is 19.2 Å². The molecule has 0 rings (SSSR count). The molecule has 33 heavy (non-hydrogen) atoms. The van der Waals surface area contributed by atoms with E-state index in [1.165, 1.54) is 6.92 Å². The molecule has 192 valence electrons. The Balaban J connectivity index is 4.93. The molecule has 2 unspecified atom stereocenters. The minimum Gasteiger partial charge on any atom is -0.481 e. The molecule has 2 atom stereocenters. The lowest BCUT2D eigenvalue weighted by Crippen LogP contribution is -2.38. The second kappa shape index (κ2) is 18.4. The highest BCUT2D eigenvalue weighted by Gasteiger charge is 2.21. The van der Waals surface area contributed by atoms with Gasteiger partial charge in [0.05, 0.1) is 19.6 Å². The molecule has 0 amide bonds. The zero-order valence-electron chi connectivity index (χ0n) is 20.4. The molecule has 0 bridgehead atoms. The normalized spacial score (nSPS) is 13.2. The van der Waals surface area contributed by atoms with Gasteiger partial charge in [0, 0.05) is 19.5 Å². The Hall–Kier alpha value is -2.04. The smallest absolute Gasteiger partial charge is 0.317 e. The summed E-state index contributed by atoms with van der Waals surface area (Å²) in [5.41, 5.74) is 0. The van der Waals surface area contributed by atoms with Gasteiger partial charge < -0.3 is 20.6 Å². The molecule has 0 aromatic carbocycles. The number of Topliss-reactive ketones (excluding diaryl/α,β-unsaturated/α-hetero) is 1. The van der Waals surface area contributed by atoms with Crippen LogP contribution in [0.2, 0.25) is 0 Å². The summed E-state index contributed by atoms with van der Waals surface area (Å²) in [5, 5.41) is 29.9. The van der Waals surface area contributed by atoms with Gasteiger partial charge in [0.1, 0.15) is 5.78 Å². The molecular weight excluding hydrogens is 430 g/mol. The number of nitrogens with zero attached hydrogens (tertiary/aromatic N) is 2. The van der Waals surface area contributed by atoms with E-state index in [4.69, 9.17) is 10.2 Å². The molecule has 0 heterocycles. The van der Waals surface area contributed by atoms with Crippen LogP contribution in [0.3, 0.4) is 0 Å². The summed E-state index contributed by atoms with van der Waals surface area (Å²) in [6.45, 7) is 8.75. The van der Waals surface area contributed by atoms with Crippen LogP contribution in [-0.4, -0.2) is 101 Å². The number of hydrogen-bond donors (Lipinski definition) is 4. The molecule has 0 radical (unpaired) electrons. The third-order valence-corrected chi connectivity index (χ3v) is 5.76. The number of carboxylic acid groups (broad SMARTS) is 3. The molecule has 0 spiro atoms. The quantitative estimate of drug-likeness (QED) is 0.171. The molecule has 0 aliphatic rings. The molecule has 0 aromatic heterocycles. The second-order valence-corrected chi connectivity index (χ2v) is 8.82. The van der Waals surface area contributed by atoms with E-state index in [1.807, 2.05) is 9.80 Å². The van der Waals surface area contributed by atoms with Crippen molar-refractivity contribution in [1.29, 1.82) is 0 Å². The molecule has 0 saturated heterocycles. The number of rotatable bonds is 22. The maximum atomic E-state index is 11.6. The lowest BCUT2D eigenvalue weighted by Gasteiger charge is -2.29. The lowest BCUT2D eigenvalue weighted by atomic mass is 9.84. The van der Waals surface area contributed by atoms with Crippen LogP contribution >= 0.6 is 0 Å². The van der Waals surface area contributed by atoms with E-state index < -0.39 is 17.9 Å². The number of aliphatic carboxylic acids is 3. The van der Waals surface area contributed by atoms with Gasteiger partial charge in [-0.1, -0.05) is 20.3 Å². The van der Waals surface area contributed by atoms with Gasteiger partial charge in [-0.25, -0.2) is 0 Å². The summed E-state index contributed by atoms with van der Waals surface area (Å²) in [4.78, 5) is 48.5. The van der Waals surface area contributed by atoms with Crippen molar-refractivity contribution < 1.29 is 34.5 Å². The number of hydrogen-bond acceptors (Lipinski definition) is 7. The molecule has 0 aromatic rings. The fraction of sp³-hybridized carbons (Fsp3) is 0.826. The highest BCUT2D eigenvalue weighted by Crippen LogP contribution is 2.25. The zero-order valence-corrected chi connectivity index (χ0v) is 20.4. The molecule has 0 saturated carbocycles. The summed E-state index contributed by atoms with van der Waals surface area (Å²) < 4.78 is 0. The summed E-state index contributed by atoms with van der Waals surface area (Å²) >= 11 is 0. The monoisotopic (exact) mass is 473 g/mol. The van der Waals surface area contributed by atoms with Crippen LogP contribution < -0.4 is 5.32 Å². The molecular formula is C23H43N3O7. The maximum Gasteiger partial charge on any atom is 0.317 e. The first-order valence-electron chi connectivity index (χ1n) is 11.8. The van der Waals surface area contributed by atoms with Crippen molar-refractivity contribution in [1.82, 2.24) is 15.1 Å². The van der Waals surface area contributed by atoms with E-state index in [0.29, 0.717) is 39.1 Å². The van der Waals surface area contributed by atoms with Crippen molar-refractivity contribution in [2.45, 2.75) is 59.3 Å². The average Bonchev–Trinajstić information content (AvgIpc) is 2.71. The number of carbonyl (C=O) groups is 4. The first kappa shape index (κ1) is 31.0. The molecule has 0 fully saturated rings. The highest BCUT2D eigenvalue weighted by atomic mass is 16.4. The van der Waals surface area contributed by atoms with Crippen LogP contribution in [0.25, 0.3) is 0 Å². The van der Waals surface area contributed by atoms with Gasteiger partial charge in [0.15, 0.2) is 0 Å². The first-order valence-corrected chi connectivity index (χ1v) is 11.8. The molecule has 0 aliphatic carbocycles. The van der Waals surface area contributed by atoms with Crippen molar-refractivity contribution in [2.75, 3.05) is 52.4 Å². The van der Waals surface area contributed by atoms with E-state index in [0.717, 1.165) is 25.7 Å². The summed E-state index contributed by atoms with van der Waals surface area (Å²) in [7, 11) is 0. The fourth-order valence-electron chi connectivity index (χ4n) is 3.85. The van der Waals surface area contributed by atoms with Gasteiger partial charge in [0.2, 0.25) is 0 Å². The highest BCUT2D eigenvalue weighted by molar-refractivity contribution is 5.77.